The molecule has 1 aromatic heterocycles. The number of furan rings is 1. The number of fused-ring (bicyclic) bond motifs is 6. The number of benzene rings is 8. The van der Waals surface area contributed by atoms with Gasteiger partial charge in [0.15, 0.2) is 0 Å². The SMILES string of the molecule is [2H]c1c([2H])c([2H])c2c(-c3c4c([2H])c([2H])c([2H])c([2H])c4c(-c4ccc5oc6ccc(-c7ccccc7)cc6c5c4)c4c([2H])c([2H])c([2H])c([2H])c34)c([2H])c([2H])c([2H])c2c1[2H]. The van der Waals surface area contributed by atoms with Gasteiger partial charge in [0, 0.05) is 10.8 Å². The van der Waals surface area contributed by atoms with Gasteiger partial charge in [-0.3, -0.25) is 0 Å². The Hall–Kier alpha value is -5.66. The molecule has 1 nitrogen and oxygen atoms in total. The van der Waals surface area contributed by atoms with Crippen LogP contribution in [-0.4, -0.2) is 0 Å². The molecular weight excluding hydrogens is 520 g/mol. The summed E-state index contributed by atoms with van der Waals surface area (Å²) in [6.45, 7) is 0. The second-order valence-electron chi connectivity index (χ2n) is 10.1. The largest absolute Gasteiger partial charge is 0.456 e. The quantitative estimate of drug-likeness (QED) is 0.196. The van der Waals surface area contributed by atoms with Crippen LogP contribution in [0.15, 0.2) is 162 Å². The molecule has 9 rings (SSSR count). The first kappa shape index (κ1) is 13.5. The average molecular weight is 562 g/mol. The molecule has 0 fully saturated rings. The fourth-order valence-corrected chi connectivity index (χ4v) is 5.91. The minimum absolute atomic E-state index is 0.0177. The molecular formula is C42H26O. The lowest BCUT2D eigenvalue weighted by atomic mass is 9.84. The van der Waals surface area contributed by atoms with Crippen LogP contribution in [0.1, 0.15) is 20.6 Å². The Labute approximate surface area is 270 Å². The van der Waals surface area contributed by atoms with Crippen molar-refractivity contribution in [2.45, 2.75) is 0 Å². The highest BCUT2D eigenvalue weighted by Gasteiger charge is 2.19. The Balaban J connectivity index is 1.55. The molecule has 0 aliphatic rings. The minimum Gasteiger partial charge on any atom is -0.456 e. The lowest BCUT2D eigenvalue weighted by Crippen LogP contribution is -1.91. The summed E-state index contributed by atoms with van der Waals surface area (Å²) in [5, 5.41) is -0.504. The van der Waals surface area contributed by atoms with Gasteiger partial charge in [0.25, 0.3) is 0 Å². The van der Waals surface area contributed by atoms with Crippen molar-refractivity contribution in [1.29, 1.82) is 0 Å². The molecule has 0 amide bonds. The molecule has 43 heavy (non-hydrogen) atoms. The van der Waals surface area contributed by atoms with E-state index in [2.05, 4.69) is 0 Å². The monoisotopic (exact) mass is 561 g/mol. The van der Waals surface area contributed by atoms with E-state index in [0.29, 0.717) is 27.5 Å². The molecule has 1 heteroatoms. The van der Waals surface area contributed by atoms with E-state index in [1.807, 2.05) is 48.5 Å². The van der Waals surface area contributed by atoms with E-state index >= 15 is 0 Å². The molecule has 0 N–H and O–H groups in total. The smallest absolute Gasteiger partial charge is 0.135 e. The van der Waals surface area contributed by atoms with Crippen molar-refractivity contribution < 1.29 is 25.0 Å². The normalized spacial score (nSPS) is 16.6. The van der Waals surface area contributed by atoms with Crippen LogP contribution < -0.4 is 0 Å². The van der Waals surface area contributed by atoms with E-state index in [1.54, 1.807) is 18.2 Å². The summed E-state index contributed by atoms with van der Waals surface area (Å²) in [5.41, 5.74) is 2.41. The first-order chi connectivity index (χ1) is 27.6. The van der Waals surface area contributed by atoms with Gasteiger partial charge in [0.05, 0.1) is 20.6 Å². The number of rotatable bonds is 3. The molecule has 0 atom stereocenters. The van der Waals surface area contributed by atoms with Gasteiger partial charge in [-0.15, -0.1) is 0 Å². The highest BCUT2D eigenvalue weighted by Crippen LogP contribution is 2.46. The summed E-state index contributed by atoms with van der Waals surface area (Å²) in [6.07, 6.45) is 0. The Kier molecular flexibility index (Phi) is 2.97. The fourth-order valence-electron chi connectivity index (χ4n) is 5.91. The molecule has 1 heterocycles. The maximum atomic E-state index is 9.35. The predicted molar refractivity (Wildman–Crippen MR) is 183 cm³/mol. The zero-order chi connectivity index (χ0) is 41.4. The predicted octanol–water partition coefficient (Wildman–Crippen LogP) is 12.0. The van der Waals surface area contributed by atoms with E-state index < -0.39 is 107 Å². The van der Waals surface area contributed by atoms with Gasteiger partial charge >= 0.3 is 0 Å². The Morgan fingerprint density at radius 3 is 1.60 bits per heavy atom. The summed E-state index contributed by atoms with van der Waals surface area (Å²) in [4.78, 5) is 0. The average Bonchev–Trinajstić information content (AvgIpc) is 3.60. The van der Waals surface area contributed by atoms with Gasteiger partial charge in [-0.1, -0.05) is 133 Å². The van der Waals surface area contributed by atoms with Crippen LogP contribution in [0.25, 0.3) is 87.6 Å². The van der Waals surface area contributed by atoms with Crippen LogP contribution in [0.5, 0.6) is 0 Å². The lowest BCUT2D eigenvalue weighted by Gasteiger charge is -2.18. The Morgan fingerprint density at radius 1 is 0.395 bits per heavy atom. The molecule has 0 aliphatic carbocycles. The topological polar surface area (TPSA) is 13.1 Å². The Bertz CT molecular complexity index is 3250. The van der Waals surface area contributed by atoms with Crippen molar-refractivity contribution in [3.63, 3.8) is 0 Å². The maximum Gasteiger partial charge on any atom is 0.135 e. The molecule has 0 radical (unpaired) electrons. The maximum absolute atomic E-state index is 9.35. The van der Waals surface area contributed by atoms with Gasteiger partial charge in [0.2, 0.25) is 0 Å². The first-order valence-corrected chi connectivity index (χ1v) is 13.5. The second-order valence-corrected chi connectivity index (χ2v) is 10.1. The third kappa shape index (κ3) is 3.72. The van der Waals surface area contributed by atoms with E-state index in [1.165, 1.54) is 0 Å². The van der Waals surface area contributed by atoms with E-state index in [4.69, 9.17) is 18.1 Å². The highest BCUT2D eigenvalue weighted by atomic mass is 16.3. The molecule has 0 spiro atoms. The molecule has 9 aromatic rings. The molecule has 0 bridgehead atoms. The summed E-state index contributed by atoms with van der Waals surface area (Å²) >= 11 is 0. The summed E-state index contributed by atoms with van der Waals surface area (Å²) in [6, 6.07) is 10.2. The zero-order valence-electron chi connectivity index (χ0n) is 37.3. The standard InChI is InChI=1S/C42H26O/c1-2-11-27(12-3-1)29-21-23-39-37(25-29)38-26-30(22-24-40(38)43-39)41-33-16-6-8-18-35(33)42(36-19-9-7-17-34(36)41)32-20-10-14-28-13-4-5-15-31(28)32/h1-26H/i4D,5D,6D,7D,8D,9D,10D,13D,14D,15D,16D,17D,18D,19D,20D. The fraction of sp³-hybridized carbons (Fsp3) is 0. The van der Waals surface area contributed by atoms with Crippen LogP contribution in [0.2, 0.25) is 0 Å². The highest BCUT2D eigenvalue weighted by molar-refractivity contribution is 6.24. The van der Waals surface area contributed by atoms with Crippen LogP contribution in [0.3, 0.4) is 0 Å². The van der Waals surface area contributed by atoms with Crippen molar-refractivity contribution >= 4 is 54.3 Å². The molecule has 0 aliphatic heterocycles. The van der Waals surface area contributed by atoms with E-state index in [0.717, 1.165) is 11.1 Å². The van der Waals surface area contributed by atoms with Crippen molar-refractivity contribution in [2.24, 2.45) is 0 Å². The third-order valence-electron chi connectivity index (χ3n) is 7.80. The minimum atomic E-state index is -0.758. The van der Waals surface area contributed by atoms with Gasteiger partial charge in [-0.2, -0.15) is 0 Å². The lowest BCUT2D eigenvalue weighted by molar-refractivity contribution is 0.669. The summed E-state index contributed by atoms with van der Waals surface area (Å²) in [5.74, 6) is 0. The van der Waals surface area contributed by atoms with Crippen molar-refractivity contribution in [3.8, 4) is 33.4 Å². The third-order valence-corrected chi connectivity index (χ3v) is 7.80. The molecule has 0 unspecified atom stereocenters. The molecule has 8 aromatic carbocycles. The van der Waals surface area contributed by atoms with Crippen molar-refractivity contribution in [2.75, 3.05) is 0 Å². The second kappa shape index (κ2) is 9.44. The Morgan fingerprint density at radius 2 is 0.930 bits per heavy atom. The van der Waals surface area contributed by atoms with E-state index in [9.17, 15) is 6.85 Å². The van der Waals surface area contributed by atoms with Gasteiger partial charge < -0.3 is 4.42 Å². The van der Waals surface area contributed by atoms with Crippen LogP contribution in [-0.2, 0) is 0 Å². The van der Waals surface area contributed by atoms with Crippen molar-refractivity contribution in [1.82, 2.24) is 0 Å². The van der Waals surface area contributed by atoms with Gasteiger partial charge in [-0.05, 0) is 90.0 Å². The van der Waals surface area contributed by atoms with Gasteiger partial charge in [-0.25, -0.2) is 0 Å². The molecule has 0 saturated carbocycles. The molecule has 200 valence electrons. The van der Waals surface area contributed by atoms with Crippen LogP contribution in [0, 0.1) is 0 Å². The molecule has 0 saturated heterocycles. The zero-order valence-corrected chi connectivity index (χ0v) is 22.3. The summed E-state index contributed by atoms with van der Waals surface area (Å²) < 4.78 is 140. The summed E-state index contributed by atoms with van der Waals surface area (Å²) in [7, 11) is 0. The van der Waals surface area contributed by atoms with Crippen LogP contribution >= 0.6 is 0 Å². The van der Waals surface area contributed by atoms with E-state index in [-0.39, 0.29) is 32.7 Å². The number of hydrogen-bond donors (Lipinski definition) is 0. The number of hydrogen-bond acceptors (Lipinski definition) is 1. The first-order valence-electron chi connectivity index (χ1n) is 21.0. The van der Waals surface area contributed by atoms with Crippen molar-refractivity contribution in [3.05, 3.63) is 157 Å². The van der Waals surface area contributed by atoms with Gasteiger partial charge in [0.1, 0.15) is 11.2 Å². The van der Waals surface area contributed by atoms with Crippen LogP contribution in [0.4, 0.5) is 0 Å².